The Bertz CT molecular complexity index is 1250. The Morgan fingerprint density at radius 3 is 2.29 bits per heavy atom. The molecule has 0 aromatic carbocycles. The molecule has 5 N–H and O–H groups in total. The van der Waals surface area contributed by atoms with Crippen molar-refractivity contribution in [3.8, 4) is 11.3 Å². The zero-order valence-corrected chi connectivity index (χ0v) is 20.4. The third kappa shape index (κ3) is 5.34. The Morgan fingerprint density at radius 1 is 1.09 bits per heavy atom. The number of carbonyl (C=O) groups excluding carboxylic acids is 1. The van der Waals surface area contributed by atoms with Gasteiger partial charge in [-0.15, -0.1) is 0 Å². The topological polar surface area (TPSA) is 175 Å². The molecule has 0 bridgehead atoms. The monoisotopic (exact) mass is 478 g/mol. The van der Waals surface area contributed by atoms with E-state index < -0.39 is 22.7 Å². The first-order chi connectivity index (χ1) is 16.3. The Morgan fingerprint density at radius 2 is 1.74 bits per heavy atom. The normalized spacial score (nSPS) is 14.1. The minimum atomic E-state index is -1.04. The largest absolute Gasteiger partial charge is 0.481 e. The fourth-order valence-electron chi connectivity index (χ4n) is 3.44. The predicted octanol–water partition coefficient (Wildman–Crippen LogP) is 2.54. The van der Waals surface area contributed by atoms with Gasteiger partial charge in [-0.2, -0.15) is 10.1 Å². The second-order valence-corrected chi connectivity index (χ2v) is 9.54. The molecule has 184 valence electrons. The number of amidine groups is 1. The van der Waals surface area contributed by atoms with Crippen molar-refractivity contribution in [2.75, 3.05) is 5.73 Å². The number of nitrogens with two attached hydrogens (primary N) is 2. The van der Waals surface area contributed by atoms with Gasteiger partial charge < -0.3 is 16.6 Å². The Labute approximate surface area is 203 Å². The van der Waals surface area contributed by atoms with Crippen LogP contribution < -0.4 is 11.5 Å². The molecule has 0 aliphatic rings. The van der Waals surface area contributed by atoms with E-state index >= 15 is 0 Å². The zero-order valence-electron chi connectivity index (χ0n) is 20.4. The van der Waals surface area contributed by atoms with Gasteiger partial charge in [0.25, 0.3) is 5.91 Å². The second kappa shape index (κ2) is 9.61. The van der Waals surface area contributed by atoms with Crippen molar-refractivity contribution in [2.45, 2.75) is 46.6 Å². The van der Waals surface area contributed by atoms with Gasteiger partial charge in [-0.25, -0.2) is 9.97 Å². The molecule has 35 heavy (non-hydrogen) atoms. The minimum Gasteiger partial charge on any atom is -0.481 e. The van der Waals surface area contributed by atoms with Gasteiger partial charge in [0.2, 0.25) is 5.95 Å². The molecule has 11 nitrogen and oxygen atoms in total. The predicted molar refractivity (Wildman–Crippen MR) is 131 cm³/mol. The number of carboxylic acids is 1. The highest BCUT2D eigenvalue weighted by Gasteiger charge is 2.36. The SMILES string of the molecule is CC(C)C(C)(C(N)=NC(=O)c1cnn(CC(C)(C)C(=O)O)c1)c1ccc(-c2cnc(N)nc2)nc1. The van der Waals surface area contributed by atoms with Gasteiger partial charge in [-0.1, -0.05) is 19.9 Å². The number of carboxylic acid groups (broad SMARTS) is 1. The van der Waals surface area contributed by atoms with Crippen LogP contribution in [0.2, 0.25) is 0 Å². The molecule has 1 atom stereocenters. The van der Waals surface area contributed by atoms with Crippen molar-refractivity contribution in [3.05, 3.63) is 54.2 Å². The molecule has 0 radical (unpaired) electrons. The first-order valence-electron chi connectivity index (χ1n) is 11.0. The van der Waals surface area contributed by atoms with Gasteiger partial charge in [0.1, 0.15) is 5.84 Å². The number of hydrogen-bond acceptors (Lipinski definition) is 7. The lowest BCUT2D eigenvalue weighted by molar-refractivity contribution is -0.147. The van der Waals surface area contributed by atoms with E-state index in [1.807, 2.05) is 32.9 Å². The third-order valence-electron chi connectivity index (χ3n) is 6.26. The molecule has 0 saturated carbocycles. The summed E-state index contributed by atoms with van der Waals surface area (Å²) in [5.41, 5.74) is 12.5. The molecule has 3 heterocycles. The molecule has 0 saturated heterocycles. The van der Waals surface area contributed by atoms with Crippen LogP contribution in [0.1, 0.15) is 50.5 Å². The van der Waals surface area contributed by atoms with Crippen LogP contribution in [0.15, 0.2) is 48.1 Å². The van der Waals surface area contributed by atoms with E-state index in [4.69, 9.17) is 11.5 Å². The number of rotatable bonds is 8. The first kappa shape index (κ1) is 25.5. The standard InChI is InChI=1S/C24H30N8O3/c1-14(2)24(5,17-6-7-18(27-11-17)15-8-28-22(26)29-9-15)20(25)31-19(33)16-10-30-32(12-16)13-23(3,4)21(34)35/h6-12,14H,13H2,1-5H3,(H,34,35)(H2,25,31,33)(H2,26,28,29). The lowest BCUT2D eigenvalue weighted by atomic mass is 9.73. The summed E-state index contributed by atoms with van der Waals surface area (Å²) in [5, 5.41) is 13.4. The van der Waals surface area contributed by atoms with Crippen LogP contribution in [0.4, 0.5) is 5.95 Å². The highest BCUT2D eigenvalue weighted by Crippen LogP contribution is 2.33. The van der Waals surface area contributed by atoms with Crippen LogP contribution in [-0.2, 0) is 16.8 Å². The summed E-state index contributed by atoms with van der Waals surface area (Å²) in [6, 6.07) is 3.71. The van der Waals surface area contributed by atoms with E-state index in [-0.39, 0.29) is 29.8 Å². The van der Waals surface area contributed by atoms with Crippen LogP contribution in [0, 0.1) is 11.3 Å². The van der Waals surface area contributed by atoms with Crippen molar-refractivity contribution < 1.29 is 14.7 Å². The number of nitrogen functional groups attached to an aromatic ring is 1. The number of pyridine rings is 1. The Kier molecular flexibility index (Phi) is 6.99. The van der Waals surface area contributed by atoms with Crippen LogP contribution in [-0.4, -0.2) is 47.6 Å². The summed E-state index contributed by atoms with van der Waals surface area (Å²) in [6.45, 7) is 9.16. The van der Waals surface area contributed by atoms with Crippen molar-refractivity contribution in [2.24, 2.45) is 22.1 Å². The fraction of sp³-hybridized carbons (Fsp3) is 0.375. The molecule has 11 heteroatoms. The van der Waals surface area contributed by atoms with Crippen molar-refractivity contribution in [1.29, 1.82) is 0 Å². The van der Waals surface area contributed by atoms with Crippen LogP contribution in [0.3, 0.4) is 0 Å². The maximum atomic E-state index is 12.9. The number of aliphatic carboxylic acids is 1. The van der Waals surface area contributed by atoms with Gasteiger partial charge in [0.05, 0.1) is 34.8 Å². The third-order valence-corrected chi connectivity index (χ3v) is 6.26. The molecular formula is C24H30N8O3. The van der Waals surface area contributed by atoms with E-state index in [2.05, 4.69) is 25.0 Å². The molecule has 1 unspecified atom stereocenters. The smallest absolute Gasteiger partial charge is 0.310 e. The lowest BCUT2D eigenvalue weighted by Crippen LogP contribution is -2.43. The molecule has 0 aliphatic heterocycles. The maximum Gasteiger partial charge on any atom is 0.310 e. The summed E-state index contributed by atoms with van der Waals surface area (Å²) in [7, 11) is 0. The molecule has 0 fully saturated rings. The molecule has 3 aromatic heterocycles. The first-order valence-corrected chi connectivity index (χ1v) is 11.0. The van der Waals surface area contributed by atoms with Crippen LogP contribution in [0.5, 0.6) is 0 Å². The number of aliphatic imine (C=N–C) groups is 1. The van der Waals surface area contributed by atoms with Gasteiger partial charge in [-0.05, 0) is 38.3 Å². The van der Waals surface area contributed by atoms with Gasteiger partial charge in [0.15, 0.2) is 0 Å². The average Bonchev–Trinajstić information content (AvgIpc) is 3.26. The fourth-order valence-corrected chi connectivity index (χ4v) is 3.44. The van der Waals surface area contributed by atoms with Crippen molar-refractivity contribution >= 4 is 23.7 Å². The maximum absolute atomic E-state index is 12.9. The molecule has 3 aromatic rings. The molecule has 1 amide bonds. The van der Waals surface area contributed by atoms with E-state index in [1.165, 1.54) is 17.1 Å². The summed E-state index contributed by atoms with van der Waals surface area (Å²) in [6.07, 6.45) is 7.72. The number of amides is 1. The molecule has 0 aliphatic carbocycles. The van der Waals surface area contributed by atoms with E-state index in [0.717, 1.165) is 11.1 Å². The number of carbonyl (C=O) groups is 2. The Balaban J connectivity index is 1.86. The highest BCUT2D eigenvalue weighted by molar-refractivity contribution is 6.05. The number of hydrogen-bond donors (Lipinski definition) is 3. The van der Waals surface area contributed by atoms with Crippen molar-refractivity contribution in [3.63, 3.8) is 0 Å². The van der Waals surface area contributed by atoms with Crippen LogP contribution in [0.25, 0.3) is 11.3 Å². The summed E-state index contributed by atoms with van der Waals surface area (Å²) in [5.74, 6) is -1.20. The van der Waals surface area contributed by atoms with Gasteiger partial charge in [0, 0.05) is 30.4 Å². The zero-order chi connectivity index (χ0) is 26.0. The number of anilines is 1. The van der Waals surface area contributed by atoms with Gasteiger partial charge in [-0.3, -0.25) is 19.3 Å². The second-order valence-electron chi connectivity index (χ2n) is 9.54. The Hall–Kier alpha value is -4.15. The summed E-state index contributed by atoms with van der Waals surface area (Å²) >= 11 is 0. The van der Waals surface area contributed by atoms with E-state index in [1.54, 1.807) is 32.4 Å². The summed E-state index contributed by atoms with van der Waals surface area (Å²) < 4.78 is 1.41. The van der Waals surface area contributed by atoms with E-state index in [9.17, 15) is 14.7 Å². The minimum absolute atomic E-state index is 0.00866. The highest BCUT2D eigenvalue weighted by atomic mass is 16.4. The summed E-state index contributed by atoms with van der Waals surface area (Å²) in [4.78, 5) is 40.9. The quantitative estimate of drug-likeness (QED) is 0.324. The van der Waals surface area contributed by atoms with E-state index in [0.29, 0.717) is 5.69 Å². The molecular weight excluding hydrogens is 448 g/mol. The molecule has 3 rings (SSSR count). The lowest BCUT2D eigenvalue weighted by Gasteiger charge is -2.33. The average molecular weight is 479 g/mol. The molecule has 0 spiro atoms. The number of nitrogens with zero attached hydrogens (tertiary/aromatic N) is 6. The van der Waals surface area contributed by atoms with Crippen LogP contribution >= 0.6 is 0 Å². The van der Waals surface area contributed by atoms with Crippen molar-refractivity contribution in [1.82, 2.24) is 24.7 Å². The van der Waals surface area contributed by atoms with Gasteiger partial charge >= 0.3 is 5.97 Å². The number of aromatic nitrogens is 5.